The fourth-order valence-electron chi connectivity index (χ4n) is 3.49. The van der Waals surface area contributed by atoms with Crippen molar-refractivity contribution < 1.29 is 13.9 Å². The van der Waals surface area contributed by atoms with Crippen LogP contribution >= 0.6 is 31.9 Å². The maximum absolute atomic E-state index is 13.2. The Kier molecular flexibility index (Phi) is 7.32. The van der Waals surface area contributed by atoms with Crippen LogP contribution in [0.5, 0.6) is 5.75 Å². The van der Waals surface area contributed by atoms with E-state index in [2.05, 4.69) is 48.8 Å². The molecule has 0 radical (unpaired) electrons. The number of nitriles is 1. The third-order valence-corrected chi connectivity index (χ3v) is 6.33. The Bertz CT molecular complexity index is 993. The Morgan fingerprint density at radius 2 is 1.83 bits per heavy atom. The molecule has 1 aliphatic heterocycles. The average Bonchev–Trinajstić information content (AvgIpc) is 2.72. The standard InChI is InChI=1S/C22H20Br2FN3O2/c1-14-10-27(13-30-22-19(23)7-17(9-26)8-20(22)24)15(2)21(12-29)28(14)11-16-3-5-18(25)6-4-16/h3-8,14-15H,10-11,13H2,1-2H3/t14-,15+/m0/s1. The van der Waals surface area contributed by atoms with E-state index < -0.39 is 0 Å². The predicted molar refractivity (Wildman–Crippen MR) is 119 cm³/mol. The first kappa shape index (κ1) is 22.5. The summed E-state index contributed by atoms with van der Waals surface area (Å²) in [5, 5.41) is 9.07. The first-order chi connectivity index (χ1) is 14.3. The molecule has 0 aliphatic carbocycles. The lowest BCUT2D eigenvalue weighted by Crippen LogP contribution is -2.55. The molecule has 156 valence electrons. The van der Waals surface area contributed by atoms with Crippen molar-refractivity contribution in [3.63, 3.8) is 0 Å². The van der Waals surface area contributed by atoms with Crippen LogP contribution in [0.3, 0.4) is 0 Å². The van der Waals surface area contributed by atoms with Gasteiger partial charge in [-0.1, -0.05) is 12.1 Å². The van der Waals surface area contributed by atoms with E-state index in [0.717, 1.165) is 5.56 Å². The molecule has 0 N–H and O–H groups in total. The Morgan fingerprint density at radius 1 is 1.20 bits per heavy atom. The molecule has 2 atom stereocenters. The van der Waals surface area contributed by atoms with Crippen LogP contribution in [-0.2, 0) is 11.3 Å². The van der Waals surface area contributed by atoms with Gasteiger partial charge in [0.1, 0.15) is 29.9 Å². The molecule has 1 saturated heterocycles. The van der Waals surface area contributed by atoms with Crippen LogP contribution in [0.25, 0.3) is 0 Å². The number of hydrogen-bond acceptors (Lipinski definition) is 5. The van der Waals surface area contributed by atoms with Crippen molar-refractivity contribution in [1.29, 1.82) is 5.26 Å². The van der Waals surface area contributed by atoms with Gasteiger partial charge in [0, 0.05) is 19.1 Å². The number of ether oxygens (including phenoxy) is 1. The van der Waals surface area contributed by atoms with E-state index in [0.29, 0.717) is 39.0 Å². The monoisotopic (exact) mass is 535 g/mol. The lowest BCUT2D eigenvalue weighted by Gasteiger charge is -2.45. The summed E-state index contributed by atoms with van der Waals surface area (Å²) in [6.45, 7) is 5.43. The summed E-state index contributed by atoms with van der Waals surface area (Å²) in [6, 6.07) is 11.6. The van der Waals surface area contributed by atoms with E-state index >= 15 is 0 Å². The molecule has 1 heterocycles. The molecule has 0 bridgehead atoms. The summed E-state index contributed by atoms with van der Waals surface area (Å²) in [5.74, 6) is 2.41. The van der Waals surface area contributed by atoms with Crippen LogP contribution in [0.1, 0.15) is 25.0 Å². The fraction of sp³-hybridized carbons (Fsp3) is 0.318. The van der Waals surface area contributed by atoms with Gasteiger partial charge in [-0.05, 0) is 75.5 Å². The van der Waals surface area contributed by atoms with Gasteiger partial charge in [-0.15, -0.1) is 0 Å². The van der Waals surface area contributed by atoms with Gasteiger partial charge < -0.3 is 9.64 Å². The van der Waals surface area contributed by atoms with Crippen molar-refractivity contribution in [2.24, 2.45) is 0 Å². The third kappa shape index (κ3) is 4.93. The Hall–Kier alpha value is -2.17. The summed E-state index contributed by atoms with van der Waals surface area (Å²) in [4.78, 5) is 15.9. The largest absolute Gasteiger partial charge is 0.476 e. The molecule has 1 aliphatic rings. The van der Waals surface area contributed by atoms with Crippen molar-refractivity contribution >= 4 is 37.8 Å². The highest BCUT2D eigenvalue weighted by atomic mass is 79.9. The maximum Gasteiger partial charge on any atom is 0.149 e. The number of carbonyl (C=O) groups excluding carboxylic acids is 1. The van der Waals surface area contributed by atoms with Crippen molar-refractivity contribution in [3.05, 3.63) is 68.0 Å². The molecule has 30 heavy (non-hydrogen) atoms. The number of piperazine rings is 1. The first-order valence-electron chi connectivity index (χ1n) is 9.36. The summed E-state index contributed by atoms with van der Waals surface area (Å²) >= 11 is 6.88. The third-order valence-electron chi connectivity index (χ3n) is 5.16. The molecule has 5 nitrogen and oxygen atoms in total. The van der Waals surface area contributed by atoms with Crippen LogP contribution in [0.4, 0.5) is 4.39 Å². The van der Waals surface area contributed by atoms with Gasteiger partial charge in [-0.2, -0.15) is 5.26 Å². The Balaban J connectivity index is 1.73. The zero-order chi connectivity index (χ0) is 21.8. The average molecular weight is 537 g/mol. The van der Waals surface area contributed by atoms with Gasteiger partial charge in [0.05, 0.1) is 26.6 Å². The zero-order valence-electron chi connectivity index (χ0n) is 16.5. The molecular weight excluding hydrogens is 517 g/mol. The van der Waals surface area contributed by atoms with E-state index in [1.807, 2.05) is 18.7 Å². The summed E-state index contributed by atoms with van der Waals surface area (Å²) < 4.78 is 20.6. The van der Waals surface area contributed by atoms with Gasteiger partial charge in [0.15, 0.2) is 0 Å². The predicted octanol–water partition coefficient (Wildman–Crippen LogP) is 4.87. The molecule has 2 aromatic carbocycles. The van der Waals surface area contributed by atoms with Gasteiger partial charge in [0.2, 0.25) is 0 Å². The first-order valence-corrected chi connectivity index (χ1v) is 10.9. The molecule has 0 unspecified atom stereocenters. The highest BCUT2D eigenvalue weighted by Gasteiger charge is 2.34. The normalized spacial score (nSPS) is 19.3. The minimum Gasteiger partial charge on any atom is -0.476 e. The van der Waals surface area contributed by atoms with E-state index in [-0.39, 0.29) is 24.6 Å². The van der Waals surface area contributed by atoms with Crippen molar-refractivity contribution in [3.8, 4) is 11.8 Å². The Morgan fingerprint density at radius 3 is 2.40 bits per heavy atom. The molecular formula is C22H20Br2FN3O2. The van der Waals surface area contributed by atoms with Crippen molar-refractivity contribution in [1.82, 2.24) is 9.80 Å². The zero-order valence-corrected chi connectivity index (χ0v) is 19.7. The maximum atomic E-state index is 13.2. The van der Waals surface area contributed by atoms with E-state index in [4.69, 9.17) is 10.00 Å². The van der Waals surface area contributed by atoms with Crippen LogP contribution < -0.4 is 4.74 Å². The number of rotatable bonds is 5. The van der Waals surface area contributed by atoms with E-state index in [9.17, 15) is 9.18 Å². The van der Waals surface area contributed by atoms with Gasteiger partial charge in [0.25, 0.3) is 0 Å². The topological polar surface area (TPSA) is 56.6 Å². The van der Waals surface area contributed by atoms with E-state index in [1.165, 1.54) is 12.1 Å². The smallest absolute Gasteiger partial charge is 0.149 e. The second-order valence-corrected chi connectivity index (χ2v) is 8.90. The molecule has 0 spiro atoms. The fourth-order valence-corrected chi connectivity index (χ4v) is 4.91. The second kappa shape index (κ2) is 9.76. The van der Waals surface area contributed by atoms with Crippen molar-refractivity contribution in [2.75, 3.05) is 13.3 Å². The highest BCUT2D eigenvalue weighted by Crippen LogP contribution is 2.35. The summed E-state index contributed by atoms with van der Waals surface area (Å²) in [6.07, 6.45) is 0. The van der Waals surface area contributed by atoms with Crippen LogP contribution in [0.15, 0.2) is 51.0 Å². The molecule has 2 aromatic rings. The second-order valence-electron chi connectivity index (χ2n) is 7.19. The minimum atomic E-state index is -0.284. The molecule has 1 fully saturated rings. The highest BCUT2D eigenvalue weighted by molar-refractivity contribution is 9.11. The number of hydrogen-bond donors (Lipinski definition) is 0. The number of nitrogens with zero attached hydrogens (tertiary/aromatic N) is 3. The van der Waals surface area contributed by atoms with Crippen LogP contribution in [0, 0.1) is 17.1 Å². The molecule has 3 rings (SSSR count). The lowest BCUT2D eigenvalue weighted by molar-refractivity contribution is 0.0280. The SMILES string of the molecule is C[C@@H]1C(=C=O)N(Cc2ccc(F)cc2)[C@@H](C)CN1COc1c(Br)cc(C#N)cc1Br. The minimum absolute atomic E-state index is 0.0409. The molecule has 8 heteroatoms. The molecule has 0 aromatic heterocycles. The van der Waals surface area contributed by atoms with Gasteiger partial charge in [-0.3, -0.25) is 4.90 Å². The number of halogens is 3. The molecule has 0 saturated carbocycles. The summed E-state index contributed by atoms with van der Waals surface area (Å²) in [7, 11) is 0. The van der Waals surface area contributed by atoms with Crippen molar-refractivity contribution in [2.45, 2.75) is 32.5 Å². The van der Waals surface area contributed by atoms with Crippen LogP contribution in [0.2, 0.25) is 0 Å². The quantitative estimate of drug-likeness (QED) is 0.510. The lowest BCUT2D eigenvalue weighted by atomic mass is 10.0. The Labute approximate surface area is 192 Å². The number of benzene rings is 2. The van der Waals surface area contributed by atoms with E-state index in [1.54, 1.807) is 24.3 Å². The van der Waals surface area contributed by atoms with Crippen LogP contribution in [-0.4, -0.2) is 41.1 Å². The molecule has 0 amide bonds. The van der Waals surface area contributed by atoms with Gasteiger partial charge in [-0.25, -0.2) is 9.18 Å². The summed E-state index contributed by atoms with van der Waals surface area (Å²) in [5.41, 5.74) is 1.99. The van der Waals surface area contributed by atoms with Gasteiger partial charge >= 0.3 is 0 Å².